The van der Waals surface area contributed by atoms with Gasteiger partial charge in [-0.15, -0.1) is 0 Å². The molecule has 2 fully saturated rings. The molecule has 2 aromatic rings. The first-order valence-electron chi connectivity index (χ1n) is 12.5. The number of aryl methyl sites for hydroxylation is 1. The highest BCUT2D eigenvalue weighted by molar-refractivity contribution is 5.80. The van der Waals surface area contributed by atoms with Crippen molar-refractivity contribution < 1.29 is 28.2 Å². The summed E-state index contributed by atoms with van der Waals surface area (Å²) in [7, 11) is 1.61. The smallest absolute Gasteiger partial charge is 0.227 e. The second-order valence-corrected chi connectivity index (χ2v) is 9.82. The molecule has 2 amide bonds. The van der Waals surface area contributed by atoms with Gasteiger partial charge < -0.3 is 24.0 Å². The van der Waals surface area contributed by atoms with Crippen LogP contribution in [-0.4, -0.2) is 74.7 Å². The van der Waals surface area contributed by atoms with Crippen LogP contribution >= 0.6 is 0 Å². The largest absolute Gasteiger partial charge is 0.496 e. The molecule has 7 nitrogen and oxygen atoms in total. The molecule has 1 atom stereocenters. The van der Waals surface area contributed by atoms with Crippen molar-refractivity contribution in [2.75, 3.05) is 53.1 Å². The van der Waals surface area contributed by atoms with E-state index in [0.29, 0.717) is 50.9 Å². The van der Waals surface area contributed by atoms with Gasteiger partial charge in [-0.05, 0) is 50.1 Å². The fourth-order valence-corrected chi connectivity index (χ4v) is 5.07. The molecule has 8 heteroatoms. The van der Waals surface area contributed by atoms with E-state index in [0.717, 1.165) is 24.0 Å². The summed E-state index contributed by atoms with van der Waals surface area (Å²) in [4.78, 5) is 30.4. The third kappa shape index (κ3) is 6.55. The number of ether oxygens (including phenoxy) is 3. The maximum atomic E-state index is 13.4. The Bertz CT molecular complexity index is 1050. The maximum Gasteiger partial charge on any atom is 0.227 e. The van der Waals surface area contributed by atoms with Crippen LogP contribution in [0.2, 0.25) is 0 Å². The SMILES string of the molecule is COc1ccc(C)cc1CC(=O)N1CCC[C@](COc2ccc(F)cc2)(CC(=O)N2CCOCC2)C1. The van der Waals surface area contributed by atoms with Gasteiger partial charge in [0.25, 0.3) is 0 Å². The lowest BCUT2D eigenvalue weighted by atomic mass is 9.77. The van der Waals surface area contributed by atoms with Crippen LogP contribution in [0.25, 0.3) is 0 Å². The molecule has 0 bridgehead atoms. The molecule has 2 heterocycles. The van der Waals surface area contributed by atoms with E-state index >= 15 is 0 Å². The lowest BCUT2D eigenvalue weighted by molar-refractivity contribution is -0.143. The first-order valence-corrected chi connectivity index (χ1v) is 12.5. The zero-order valence-electron chi connectivity index (χ0n) is 21.1. The number of nitrogens with zero attached hydrogens (tertiary/aromatic N) is 2. The number of amides is 2. The molecule has 0 radical (unpaired) electrons. The van der Waals surface area contributed by atoms with Gasteiger partial charge in [0.1, 0.15) is 17.3 Å². The molecule has 0 saturated carbocycles. The van der Waals surface area contributed by atoms with Crippen LogP contribution in [0.5, 0.6) is 11.5 Å². The molecule has 2 aliphatic heterocycles. The zero-order chi connectivity index (χ0) is 25.5. The molecule has 2 aliphatic rings. The molecule has 194 valence electrons. The Morgan fingerprint density at radius 2 is 1.78 bits per heavy atom. The van der Waals surface area contributed by atoms with E-state index < -0.39 is 5.41 Å². The van der Waals surface area contributed by atoms with Gasteiger partial charge in [-0.3, -0.25) is 9.59 Å². The van der Waals surface area contributed by atoms with E-state index in [1.165, 1.54) is 12.1 Å². The Morgan fingerprint density at radius 3 is 2.50 bits per heavy atom. The number of morpholine rings is 1. The number of carbonyl (C=O) groups excluding carboxylic acids is 2. The van der Waals surface area contributed by atoms with Crippen molar-refractivity contribution in [1.29, 1.82) is 0 Å². The number of hydrogen-bond acceptors (Lipinski definition) is 5. The van der Waals surface area contributed by atoms with Crippen molar-refractivity contribution in [3.63, 3.8) is 0 Å². The van der Waals surface area contributed by atoms with Gasteiger partial charge in [0.15, 0.2) is 0 Å². The lowest BCUT2D eigenvalue weighted by Crippen LogP contribution is -2.52. The van der Waals surface area contributed by atoms with Gasteiger partial charge in [0.05, 0.1) is 33.4 Å². The van der Waals surface area contributed by atoms with Crippen molar-refractivity contribution in [2.45, 2.75) is 32.6 Å². The molecule has 2 saturated heterocycles. The number of methoxy groups -OCH3 is 1. The van der Waals surface area contributed by atoms with Crippen molar-refractivity contribution in [3.8, 4) is 11.5 Å². The average Bonchev–Trinajstić information content (AvgIpc) is 2.89. The number of hydrogen-bond donors (Lipinski definition) is 0. The normalized spacial score (nSPS) is 20.2. The maximum absolute atomic E-state index is 13.4. The molecule has 36 heavy (non-hydrogen) atoms. The highest BCUT2D eigenvalue weighted by Gasteiger charge is 2.41. The first kappa shape index (κ1) is 25.9. The van der Waals surface area contributed by atoms with Crippen LogP contribution in [0, 0.1) is 18.2 Å². The van der Waals surface area contributed by atoms with E-state index in [9.17, 15) is 14.0 Å². The van der Waals surface area contributed by atoms with Gasteiger partial charge >= 0.3 is 0 Å². The van der Waals surface area contributed by atoms with Gasteiger partial charge in [-0.1, -0.05) is 17.7 Å². The quantitative estimate of drug-likeness (QED) is 0.556. The van der Waals surface area contributed by atoms with Crippen molar-refractivity contribution in [2.24, 2.45) is 5.41 Å². The highest BCUT2D eigenvalue weighted by atomic mass is 19.1. The Labute approximate surface area is 212 Å². The number of benzene rings is 2. The Kier molecular flexibility index (Phi) is 8.46. The van der Waals surface area contributed by atoms with Crippen molar-refractivity contribution in [3.05, 3.63) is 59.4 Å². The monoisotopic (exact) mass is 498 g/mol. The summed E-state index contributed by atoms with van der Waals surface area (Å²) >= 11 is 0. The number of rotatable bonds is 8. The molecule has 4 rings (SSSR count). The first-order chi connectivity index (χ1) is 17.4. The van der Waals surface area contributed by atoms with Gasteiger partial charge in [-0.25, -0.2) is 4.39 Å². The number of halogens is 1. The molecule has 2 aromatic carbocycles. The summed E-state index contributed by atoms with van der Waals surface area (Å²) in [6.07, 6.45) is 2.06. The second-order valence-electron chi connectivity index (χ2n) is 9.82. The minimum atomic E-state index is -0.533. The molecule has 0 N–H and O–H groups in total. The van der Waals surface area contributed by atoms with Crippen LogP contribution in [0.15, 0.2) is 42.5 Å². The standard InChI is InChI=1S/C28H35FN2O5/c1-21-4-9-25(34-2)22(16-21)17-26(32)31-11-3-10-28(19-31,18-27(33)30-12-14-35-15-13-30)20-36-24-7-5-23(29)6-8-24/h4-9,16H,3,10-15,17-20H2,1-2H3/t28-/m0/s1. The van der Waals surface area contributed by atoms with E-state index in [2.05, 4.69) is 0 Å². The Balaban J connectivity index is 1.51. The summed E-state index contributed by atoms with van der Waals surface area (Å²) in [5.41, 5.74) is 1.38. The molecule has 0 spiro atoms. The van der Waals surface area contributed by atoms with E-state index in [1.807, 2.05) is 34.9 Å². The fourth-order valence-electron chi connectivity index (χ4n) is 5.07. The molecule has 0 aliphatic carbocycles. The number of carbonyl (C=O) groups is 2. The number of piperidine rings is 1. The fraction of sp³-hybridized carbons (Fsp3) is 0.500. The van der Waals surface area contributed by atoms with Gasteiger partial charge in [0.2, 0.25) is 11.8 Å². The van der Waals surface area contributed by atoms with E-state index in [4.69, 9.17) is 14.2 Å². The predicted octanol–water partition coefficient (Wildman–Crippen LogP) is 3.62. The zero-order valence-corrected chi connectivity index (χ0v) is 21.1. The Morgan fingerprint density at radius 1 is 1.03 bits per heavy atom. The van der Waals surface area contributed by atoms with Crippen molar-refractivity contribution >= 4 is 11.8 Å². The minimum absolute atomic E-state index is 0.00331. The molecule has 0 aromatic heterocycles. The minimum Gasteiger partial charge on any atom is -0.496 e. The molecular formula is C28H35FN2O5. The van der Waals surface area contributed by atoms with Gasteiger partial charge in [0, 0.05) is 43.6 Å². The highest BCUT2D eigenvalue weighted by Crippen LogP contribution is 2.36. The van der Waals surface area contributed by atoms with E-state index in [1.54, 1.807) is 19.2 Å². The lowest BCUT2D eigenvalue weighted by Gasteiger charge is -2.43. The molecular weight excluding hydrogens is 463 g/mol. The summed E-state index contributed by atoms with van der Waals surface area (Å²) in [6, 6.07) is 11.7. The number of likely N-dealkylation sites (tertiary alicyclic amines) is 1. The van der Waals surface area contributed by atoms with Crippen LogP contribution in [-0.2, 0) is 20.7 Å². The van der Waals surface area contributed by atoms with E-state index in [-0.39, 0.29) is 37.1 Å². The second kappa shape index (κ2) is 11.7. The predicted molar refractivity (Wildman–Crippen MR) is 134 cm³/mol. The molecule has 0 unspecified atom stereocenters. The van der Waals surface area contributed by atoms with Gasteiger partial charge in [-0.2, -0.15) is 0 Å². The third-order valence-corrected chi connectivity index (χ3v) is 7.04. The van der Waals surface area contributed by atoms with Crippen LogP contribution in [0.1, 0.15) is 30.4 Å². The van der Waals surface area contributed by atoms with Crippen LogP contribution < -0.4 is 9.47 Å². The summed E-state index contributed by atoms with van der Waals surface area (Å²) in [5, 5.41) is 0. The average molecular weight is 499 g/mol. The third-order valence-electron chi connectivity index (χ3n) is 7.04. The Hall–Kier alpha value is -3.13. The summed E-state index contributed by atoms with van der Waals surface area (Å²) < 4.78 is 30.3. The summed E-state index contributed by atoms with van der Waals surface area (Å²) in [5.74, 6) is 0.960. The summed E-state index contributed by atoms with van der Waals surface area (Å²) in [6.45, 7) is 5.54. The topological polar surface area (TPSA) is 68.3 Å². The van der Waals surface area contributed by atoms with Crippen molar-refractivity contribution in [1.82, 2.24) is 9.80 Å². The van der Waals surface area contributed by atoms with Crippen LogP contribution in [0.3, 0.4) is 0 Å². The van der Waals surface area contributed by atoms with Crippen LogP contribution in [0.4, 0.5) is 4.39 Å².